The summed E-state index contributed by atoms with van der Waals surface area (Å²) in [6.45, 7) is 1.35. The molecule has 8 heteroatoms. The third-order valence-corrected chi connectivity index (χ3v) is 4.34. The molecule has 0 bridgehead atoms. The van der Waals surface area contributed by atoms with Gasteiger partial charge in [0, 0.05) is 13.0 Å². The molecular formula is C20H20F3NO4. The van der Waals surface area contributed by atoms with Crippen LogP contribution >= 0.6 is 0 Å². The Morgan fingerprint density at radius 2 is 1.64 bits per heavy atom. The summed E-state index contributed by atoms with van der Waals surface area (Å²) in [7, 11) is 0. The van der Waals surface area contributed by atoms with Gasteiger partial charge in [0.05, 0.1) is 0 Å². The second-order valence-electron chi connectivity index (χ2n) is 6.44. The van der Waals surface area contributed by atoms with Crippen molar-refractivity contribution in [2.75, 3.05) is 6.54 Å². The number of nitrogens with one attached hydrogen (secondary N) is 1. The SMILES string of the molecule is CC(CNC(=O)CCc1ccccc1OC(F)(F)F)(C(=O)O)c1ccccc1. The van der Waals surface area contributed by atoms with Crippen LogP contribution in [-0.2, 0) is 21.4 Å². The van der Waals surface area contributed by atoms with Crippen molar-refractivity contribution in [3.8, 4) is 5.75 Å². The van der Waals surface area contributed by atoms with E-state index in [1.165, 1.54) is 25.1 Å². The highest BCUT2D eigenvalue weighted by molar-refractivity contribution is 5.83. The molecule has 1 atom stereocenters. The highest BCUT2D eigenvalue weighted by Gasteiger charge is 2.35. The highest BCUT2D eigenvalue weighted by Crippen LogP contribution is 2.27. The van der Waals surface area contributed by atoms with E-state index in [1.54, 1.807) is 36.4 Å². The standard InChI is InChI=1S/C20H20F3NO4/c1-19(18(26)27,15-8-3-2-4-9-15)13-24-17(25)12-11-14-7-5-6-10-16(14)28-20(21,22)23/h2-10H,11-13H2,1H3,(H,24,25)(H,26,27). The number of carboxylic acids is 1. The monoisotopic (exact) mass is 395 g/mol. The lowest BCUT2D eigenvalue weighted by molar-refractivity contribution is -0.274. The van der Waals surface area contributed by atoms with Gasteiger partial charge in [0.15, 0.2) is 0 Å². The number of carboxylic acid groups (broad SMARTS) is 1. The fourth-order valence-electron chi connectivity index (χ4n) is 2.65. The van der Waals surface area contributed by atoms with Crippen molar-refractivity contribution in [1.29, 1.82) is 0 Å². The predicted octanol–water partition coefficient (Wildman–Crippen LogP) is 3.68. The van der Waals surface area contributed by atoms with E-state index in [0.717, 1.165) is 0 Å². The predicted molar refractivity (Wildman–Crippen MR) is 95.9 cm³/mol. The first-order chi connectivity index (χ1) is 13.1. The van der Waals surface area contributed by atoms with E-state index in [9.17, 15) is 27.9 Å². The number of aliphatic carboxylic acids is 1. The lowest BCUT2D eigenvalue weighted by Gasteiger charge is -2.25. The van der Waals surface area contributed by atoms with E-state index in [0.29, 0.717) is 5.56 Å². The molecule has 28 heavy (non-hydrogen) atoms. The third-order valence-electron chi connectivity index (χ3n) is 4.34. The Balaban J connectivity index is 1.99. The Morgan fingerprint density at radius 1 is 1.04 bits per heavy atom. The molecule has 1 unspecified atom stereocenters. The molecule has 0 saturated carbocycles. The van der Waals surface area contributed by atoms with Gasteiger partial charge in [-0.15, -0.1) is 13.2 Å². The number of rotatable bonds is 8. The van der Waals surface area contributed by atoms with Crippen LogP contribution in [0, 0.1) is 0 Å². The third kappa shape index (κ3) is 5.73. The van der Waals surface area contributed by atoms with Gasteiger partial charge in [-0.3, -0.25) is 9.59 Å². The van der Waals surface area contributed by atoms with Crippen molar-refractivity contribution in [3.05, 3.63) is 65.7 Å². The summed E-state index contributed by atoms with van der Waals surface area (Å²) in [5.41, 5.74) is -0.556. The smallest absolute Gasteiger partial charge is 0.481 e. The molecule has 1 amide bonds. The van der Waals surface area contributed by atoms with Crippen LogP contribution in [-0.4, -0.2) is 29.9 Å². The number of halogens is 3. The molecule has 0 saturated heterocycles. The Morgan fingerprint density at radius 3 is 2.25 bits per heavy atom. The zero-order valence-corrected chi connectivity index (χ0v) is 15.1. The van der Waals surface area contributed by atoms with Crippen molar-refractivity contribution in [2.24, 2.45) is 0 Å². The quantitative estimate of drug-likeness (QED) is 0.715. The average Bonchev–Trinajstić information content (AvgIpc) is 2.64. The second-order valence-corrected chi connectivity index (χ2v) is 6.44. The van der Waals surface area contributed by atoms with Crippen molar-refractivity contribution in [1.82, 2.24) is 5.32 Å². The van der Waals surface area contributed by atoms with Gasteiger partial charge in [0.25, 0.3) is 0 Å². The Hall–Kier alpha value is -3.03. The topological polar surface area (TPSA) is 75.6 Å². The van der Waals surface area contributed by atoms with Crippen LogP contribution in [0.15, 0.2) is 54.6 Å². The summed E-state index contributed by atoms with van der Waals surface area (Å²) >= 11 is 0. The van der Waals surface area contributed by atoms with Gasteiger partial charge in [-0.25, -0.2) is 0 Å². The molecule has 0 spiro atoms. The lowest BCUT2D eigenvalue weighted by atomic mass is 9.82. The number of hydrogen-bond donors (Lipinski definition) is 2. The molecule has 0 aliphatic heterocycles. The van der Waals surface area contributed by atoms with Crippen LogP contribution in [0.2, 0.25) is 0 Å². The lowest BCUT2D eigenvalue weighted by Crippen LogP contribution is -2.44. The van der Waals surface area contributed by atoms with Crippen molar-refractivity contribution in [3.63, 3.8) is 0 Å². The normalized spacial score (nSPS) is 13.4. The van der Waals surface area contributed by atoms with Crippen LogP contribution in [0.1, 0.15) is 24.5 Å². The van der Waals surface area contributed by atoms with Crippen LogP contribution < -0.4 is 10.1 Å². The van der Waals surface area contributed by atoms with E-state index < -0.39 is 23.7 Å². The van der Waals surface area contributed by atoms with Gasteiger partial charge < -0.3 is 15.2 Å². The molecule has 0 aliphatic rings. The molecule has 2 aromatic carbocycles. The zero-order valence-electron chi connectivity index (χ0n) is 15.1. The van der Waals surface area contributed by atoms with Gasteiger partial charge in [-0.05, 0) is 30.5 Å². The number of alkyl halides is 3. The van der Waals surface area contributed by atoms with E-state index in [4.69, 9.17) is 0 Å². The average molecular weight is 395 g/mol. The van der Waals surface area contributed by atoms with Gasteiger partial charge in [-0.1, -0.05) is 48.5 Å². The van der Waals surface area contributed by atoms with E-state index in [-0.39, 0.29) is 30.7 Å². The minimum Gasteiger partial charge on any atom is -0.481 e. The number of ether oxygens (including phenoxy) is 1. The summed E-state index contributed by atoms with van der Waals surface area (Å²) < 4.78 is 41.3. The van der Waals surface area contributed by atoms with E-state index in [1.807, 2.05) is 0 Å². The minimum atomic E-state index is -4.82. The van der Waals surface area contributed by atoms with Gasteiger partial charge >= 0.3 is 12.3 Å². The molecular weight excluding hydrogens is 375 g/mol. The fourth-order valence-corrected chi connectivity index (χ4v) is 2.65. The van der Waals surface area contributed by atoms with E-state index >= 15 is 0 Å². The van der Waals surface area contributed by atoms with Crippen molar-refractivity contribution in [2.45, 2.75) is 31.5 Å². The van der Waals surface area contributed by atoms with Crippen LogP contribution in [0.25, 0.3) is 0 Å². The maximum absolute atomic E-state index is 12.5. The van der Waals surface area contributed by atoms with Crippen LogP contribution in [0.4, 0.5) is 13.2 Å². The van der Waals surface area contributed by atoms with Crippen molar-refractivity contribution >= 4 is 11.9 Å². The summed E-state index contributed by atoms with van der Waals surface area (Å²) in [4.78, 5) is 23.9. The number of para-hydroxylation sites is 1. The fraction of sp³-hybridized carbons (Fsp3) is 0.300. The molecule has 5 nitrogen and oxygen atoms in total. The molecule has 2 N–H and O–H groups in total. The van der Waals surface area contributed by atoms with Crippen LogP contribution in [0.3, 0.4) is 0 Å². The maximum atomic E-state index is 12.5. The minimum absolute atomic E-state index is 0.0210. The Kier molecular flexibility index (Phi) is 6.66. The number of benzene rings is 2. The largest absolute Gasteiger partial charge is 0.573 e. The number of aryl methyl sites for hydroxylation is 1. The van der Waals surface area contributed by atoms with Gasteiger partial charge in [0.2, 0.25) is 5.91 Å². The molecule has 0 heterocycles. The summed E-state index contributed by atoms with van der Waals surface area (Å²) in [6.07, 6.45) is -4.91. The van der Waals surface area contributed by atoms with Gasteiger partial charge in [-0.2, -0.15) is 0 Å². The number of carbonyl (C=O) groups is 2. The zero-order chi connectivity index (χ0) is 20.8. The summed E-state index contributed by atoms with van der Waals surface area (Å²) in [5.74, 6) is -1.92. The highest BCUT2D eigenvalue weighted by atomic mass is 19.4. The Labute approximate surface area is 160 Å². The first-order valence-corrected chi connectivity index (χ1v) is 8.51. The number of carbonyl (C=O) groups excluding carboxylic acids is 1. The summed E-state index contributed by atoms with van der Waals surface area (Å²) in [5, 5.41) is 12.1. The first kappa shape index (κ1) is 21.3. The first-order valence-electron chi connectivity index (χ1n) is 8.51. The van der Waals surface area contributed by atoms with Gasteiger partial charge in [0.1, 0.15) is 11.2 Å². The maximum Gasteiger partial charge on any atom is 0.573 e. The number of hydrogen-bond acceptors (Lipinski definition) is 3. The number of amides is 1. The molecule has 150 valence electrons. The molecule has 0 fully saturated rings. The molecule has 2 rings (SSSR count). The van der Waals surface area contributed by atoms with E-state index in [2.05, 4.69) is 10.1 Å². The molecule has 0 radical (unpaired) electrons. The summed E-state index contributed by atoms with van der Waals surface area (Å²) in [6, 6.07) is 14.1. The van der Waals surface area contributed by atoms with Crippen molar-refractivity contribution < 1.29 is 32.6 Å². The van der Waals surface area contributed by atoms with Crippen LogP contribution in [0.5, 0.6) is 5.75 Å². The molecule has 0 aliphatic carbocycles. The molecule has 2 aromatic rings. The molecule has 0 aromatic heterocycles. The second kappa shape index (κ2) is 8.77. The Bertz CT molecular complexity index is 824.